The summed E-state index contributed by atoms with van der Waals surface area (Å²) < 4.78 is 14.4. The summed E-state index contributed by atoms with van der Waals surface area (Å²) in [6.45, 7) is 5.62. The van der Waals surface area contributed by atoms with E-state index >= 15 is 0 Å². The number of carbonyl (C=O) groups excluding carboxylic acids is 1. The van der Waals surface area contributed by atoms with Gasteiger partial charge < -0.3 is 14.2 Å². The van der Waals surface area contributed by atoms with E-state index in [9.17, 15) is 4.79 Å². The Hall–Kier alpha value is -1.31. The first-order chi connectivity index (χ1) is 7.15. The third kappa shape index (κ3) is 5.89. The molecule has 0 radical (unpaired) electrons. The molecule has 0 heterocycles. The molecule has 0 aliphatic rings. The predicted octanol–water partition coefficient (Wildman–Crippen LogP) is 0.974. The summed E-state index contributed by atoms with van der Waals surface area (Å²) in [5.74, 6) is 4.36. The minimum atomic E-state index is -0.559. The van der Waals surface area contributed by atoms with Crippen molar-refractivity contribution in [3.63, 3.8) is 0 Å². The lowest BCUT2D eigenvalue weighted by molar-refractivity contribution is -0.133. The highest BCUT2D eigenvalue weighted by Crippen LogP contribution is 2.07. The fourth-order valence-electron chi connectivity index (χ4n) is 0.869. The summed E-state index contributed by atoms with van der Waals surface area (Å²) in [5.41, 5.74) is 0. The van der Waals surface area contributed by atoms with E-state index in [2.05, 4.69) is 23.2 Å². The molecule has 0 aliphatic heterocycles. The van der Waals surface area contributed by atoms with E-state index in [1.54, 1.807) is 6.08 Å². The molecule has 0 rings (SSSR count). The van der Waals surface area contributed by atoms with E-state index in [0.717, 1.165) is 0 Å². The van der Waals surface area contributed by atoms with Gasteiger partial charge in [0.15, 0.2) is 0 Å². The molecule has 0 unspecified atom stereocenters. The zero-order chi connectivity index (χ0) is 11.7. The third-order valence-corrected chi connectivity index (χ3v) is 1.69. The van der Waals surface area contributed by atoms with Crippen molar-refractivity contribution in [3.8, 4) is 11.8 Å². The van der Waals surface area contributed by atoms with E-state index in [-0.39, 0.29) is 18.8 Å². The number of ether oxygens (including phenoxy) is 3. The van der Waals surface area contributed by atoms with Crippen molar-refractivity contribution >= 4 is 5.97 Å². The number of methoxy groups -OCH3 is 2. The Labute approximate surface area is 90.2 Å². The number of hydrogen-bond donors (Lipinski definition) is 0. The first-order valence-electron chi connectivity index (χ1n) is 4.48. The van der Waals surface area contributed by atoms with Gasteiger partial charge in [-0.05, 0) is 6.92 Å². The quantitative estimate of drug-likeness (QED) is 0.224. The average molecular weight is 212 g/mol. The molecule has 84 valence electrons. The summed E-state index contributed by atoms with van der Waals surface area (Å²) in [5, 5.41) is 0. The largest absolute Gasteiger partial charge is 0.459 e. The number of esters is 1. The van der Waals surface area contributed by atoms with Crippen LogP contribution in [0.3, 0.4) is 0 Å². The van der Waals surface area contributed by atoms with E-state index in [4.69, 9.17) is 9.47 Å². The molecule has 0 aromatic carbocycles. The van der Waals surface area contributed by atoms with Gasteiger partial charge in [-0.3, -0.25) is 0 Å². The van der Waals surface area contributed by atoms with Gasteiger partial charge in [0.1, 0.15) is 6.79 Å². The topological polar surface area (TPSA) is 44.8 Å². The standard InChI is InChI=1S/C11H16O4/c1-5-10(15-8-13-3)9(2)6-7-11(12)14-4/h5,9-10H,1,8H2,2-4H3/t9-,10+/m1/s1. The van der Waals surface area contributed by atoms with Crippen LogP contribution in [0.2, 0.25) is 0 Å². The molecule has 0 saturated carbocycles. The minimum Gasteiger partial charge on any atom is -0.459 e. The maximum Gasteiger partial charge on any atom is 0.384 e. The Balaban J connectivity index is 4.23. The van der Waals surface area contributed by atoms with E-state index in [1.807, 2.05) is 6.92 Å². The zero-order valence-electron chi connectivity index (χ0n) is 9.28. The van der Waals surface area contributed by atoms with Crippen molar-refractivity contribution in [2.45, 2.75) is 13.0 Å². The second kappa shape index (κ2) is 8.04. The fraction of sp³-hybridized carbons (Fsp3) is 0.545. The van der Waals surface area contributed by atoms with Crippen LogP contribution < -0.4 is 0 Å². The lowest BCUT2D eigenvalue weighted by atomic mass is 10.1. The summed E-state index contributed by atoms with van der Waals surface area (Å²) in [4.78, 5) is 10.8. The Kier molecular flexibility index (Phi) is 7.33. The van der Waals surface area contributed by atoms with Gasteiger partial charge in [0.05, 0.1) is 13.2 Å². The van der Waals surface area contributed by atoms with Crippen LogP contribution in [0.15, 0.2) is 12.7 Å². The second-order valence-electron chi connectivity index (χ2n) is 2.82. The van der Waals surface area contributed by atoms with Crippen molar-refractivity contribution in [3.05, 3.63) is 12.7 Å². The normalized spacial score (nSPS) is 13.3. The zero-order valence-corrected chi connectivity index (χ0v) is 9.28. The number of carbonyl (C=O) groups is 1. The van der Waals surface area contributed by atoms with Gasteiger partial charge in [0.25, 0.3) is 0 Å². The number of rotatable bonds is 5. The first kappa shape index (κ1) is 13.7. The summed E-state index contributed by atoms with van der Waals surface area (Å²) >= 11 is 0. The molecule has 0 aromatic heterocycles. The molecule has 0 aliphatic carbocycles. The molecule has 0 aromatic rings. The van der Waals surface area contributed by atoms with Crippen molar-refractivity contribution in [2.75, 3.05) is 21.0 Å². The molecule has 15 heavy (non-hydrogen) atoms. The maximum atomic E-state index is 10.8. The van der Waals surface area contributed by atoms with Crippen molar-refractivity contribution in [1.82, 2.24) is 0 Å². The van der Waals surface area contributed by atoms with E-state index in [1.165, 1.54) is 14.2 Å². The third-order valence-electron chi connectivity index (χ3n) is 1.69. The second-order valence-corrected chi connectivity index (χ2v) is 2.82. The van der Waals surface area contributed by atoms with E-state index in [0.29, 0.717) is 0 Å². The highest BCUT2D eigenvalue weighted by molar-refractivity contribution is 5.88. The van der Waals surface area contributed by atoms with Gasteiger partial charge in [-0.1, -0.05) is 12.0 Å². The van der Waals surface area contributed by atoms with Crippen LogP contribution in [0.5, 0.6) is 0 Å². The van der Waals surface area contributed by atoms with Gasteiger partial charge in [-0.2, -0.15) is 0 Å². The molecule has 0 saturated heterocycles. The smallest absolute Gasteiger partial charge is 0.384 e. The van der Waals surface area contributed by atoms with Crippen LogP contribution in [0.4, 0.5) is 0 Å². The maximum absolute atomic E-state index is 10.8. The molecule has 0 bridgehead atoms. The molecular formula is C11H16O4. The van der Waals surface area contributed by atoms with Gasteiger partial charge in [-0.15, -0.1) is 6.58 Å². The Morgan fingerprint density at radius 1 is 1.53 bits per heavy atom. The van der Waals surface area contributed by atoms with Crippen LogP contribution >= 0.6 is 0 Å². The molecule has 4 nitrogen and oxygen atoms in total. The Morgan fingerprint density at radius 3 is 2.67 bits per heavy atom. The van der Waals surface area contributed by atoms with Crippen molar-refractivity contribution in [2.24, 2.45) is 5.92 Å². The van der Waals surface area contributed by atoms with Gasteiger partial charge in [0, 0.05) is 18.9 Å². The van der Waals surface area contributed by atoms with Gasteiger partial charge in [0.2, 0.25) is 0 Å². The first-order valence-corrected chi connectivity index (χ1v) is 4.48. The Morgan fingerprint density at radius 2 is 2.20 bits per heavy atom. The van der Waals surface area contributed by atoms with Gasteiger partial charge in [-0.25, -0.2) is 4.79 Å². The minimum absolute atomic E-state index is 0.142. The van der Waals surface area contributed by atoms with Crippen molar-refractivity contribution in [1.29, 1.82) is 0 Å². The van der Waals surface area contributed by atoms with Crippen LogP contribution in [-0.4, -0.2) is 33.1 Å². The molecule has 0 amide bonds. The SMILES string of the molecule is C=C[C@H](OCOC)[C@H](C)C#CC(=O)OC. The fourth-order valence-corrected chi connectivity index (χ4v) is 0.869. The summed E-state index contributed by atoms with van der Waals surface area (Å²) in [6, 6.07) is 0. The van der Waals surface area contributed by atoms with Crippen LogP contribution in [-0.2, 0) is 19.0 Å². The van der Waals surface area contributed by atoms with Crippen LogP contribution in [0, 0.1) is 17.8 Å². The summed E-state index contributed by atoms with van der Waals surface area (Å²) in [7, 11) is 2.82. The molecule has 0 N–H and O–H groups in total. The number of hydrogen-bond acceptors (Lipinski definition) is 4. The average Bonchev–Trinajstić information content (AvgIpc) is 2.26. The molecular weight excluding hydrogens is 196 g/mol. The molecule has 0 fully saturated rings. The molecule has 4 heteroatoms. The lowest BCUT2D eigenvalue weighted by Gasteiger charge is -2.15. The monoisotopic (exact) mass is 212 g/mol. The highest BCUT2D eigenvalue weighted by Gasteiger charge is 2.11. The lowest BCUT2D eigenvalue weighted by Crippen LogP contribution is -2.19. The van der Waals surface area contributed by atoms with Gasteiger partial charge >= 0.3 is 5.97 Å². The van der Waals surface area contributed by atoms with Crippen LogP contribution in [0.25, 0.3) is 0 Å². The van der Waals surface area contributed by atoms with Crippen molar-refractivity contribution < 1.29 is 19.0 Å². The highest BCUT2D eigenvalue weighted by atomic mass is 16.7. The predicted molar refractivity (Wildman–Crippen MR) is 55.9 cm³/mol. The Bertz CT molecular complexity index is 261. The molecule has 2 atom stereocenters. The van der Waals surface area contributed by atoms with E-state index < -0.39 is 5.97 Å². The van der Waals surface area contributed by atoms with Crippen LogP contribution in [0.1, 0.15) is 6.92 Å². The molecule has 0 spiro atoms. The summed E-state index contributed by atoms with van der Waals surface area (Å²) in [6.07, 6.45) is 1.36.